The molecular weight excluding hydrogens is 278 g/mol. The second kappa shape index (κ2) is 5.26. The van der Waals surface area contributed by atoms with Gasteiger partial charge in [0.1, 0.15) is 17.1 Å². The zero-order valence-electron chi connectivity index (χ0n) is 12.3. The van der Waals surface area contributed by atoms with E-state index in [-0.39, 0.29) is 11.8 Å². The Balaban J connectivity index is 2.42. The van der Waals surface area contributed by atoms with E-state index in [0.717, 1.165) is 5.56 Å². The largest absolute Gasteiger partial charge is 0.497 e. The number of hydrogen-bond acceptors (Lipinski definition) is 4. The summed E-state index contributed by atoms with van der Waals surface area (Å²) in [6.07, 6.45) is 0.576. The number of benzene rings is 1. The highest BCUT2D eigenvalue weighted by molar-refractivity contribution is 7.89. The van der Waals surface area contributed by atoms with Crippen molar-refractivity contribution in [3.8, 4) is 11.5 Å². The minimum Gasteiger partial charge on any atom is -0.497 e. The predicted molar refractivity (Wildman–Crippen MR) is 77.7 cm³/mol. The van der Waals surface area contributed by atoms with Crippen LogP contribution in [-0.2, 0) is 10.0 Å². The average molecular weight is 299 g/mol. The molecule has 1 aromatic carbocycles. The van der Waals surface area contributed by atoms with E-state index in [2.05, 4.69) is 4.72 Å². The molecule has 1 aliphatic heterocycles. The van der Waals surface area contributed by atoms with Crippen molar-refractivity contribution in [1.29, 1.82) is 0 Å². The molecule has 0 bridgehead atoms. The maximum Gasteiger partial charge on any atom is 0.211 e. The number of hydrogen-bond donors (Lipinski definition) is 1. The molecule has 0 fully saturated rings. The summed E-state index contributed by atoms with van der Waals surface area (Å²) in [5.74, 6) is 1.45. The Morgan fingerprint density at radius 2 is 2.15 bits per heavy atom. The average Bonchev–Trinajstić information content (AvgIpc) is 2.37. The van der Waals surface area contributed by atoms with E-state index in [0.29, 0.717) is 17.9 Å². The Labute approximate surface area is 120 Å². The van der Waals surface area contributed by atoms with Gasteiger partial charge in [0, 0.05) is 12.0 Å². The SMILES string of the molecule is CCS(=O)(=O)NC1CC(C)(C)Oc2ccc(OC)cc21. The van der Waals surface area contributed by atoms with Crippen LogP contribution in [0.5, 0.6) is 11.5 Å². The van der Waals surface area contributed by atoms with E-state index in [1.807, 2.05) is 32.0 Å². The fraction of sp³-hybridized carbons (Fsp3) is 0.571. The number of nitrogens with one attached hydrogen (secondary N) is 1. The zero-order chi connectivity index (χ0) is 15.0. The molecule has 0 spiro atoms. The maximum absolute atomic E-state index is 11.9. The number of fused-ring (bicyclic) bond motifs is 1. The smallest absolute Gasteiger partial charge is 0.211 e. The van der Waals surface area contributed by atoms with Crippen LogP contribution < -0.4 is 14.2 Å². The van der Waals surface area contributed by atoms with Crippen LogP contribution >= 0.6 is 0 Å². The molecule has 0 radical (unpaired) electrons. The van der Waals surface area contributed by atoms with Gasteiger partial charge in [-0.3, -0.25) is 0 Å². The number of sulfonamides is 1. The summed E-state index contributed by atoms with van der Waals surface area (Å²) in [7, 11) is -1.69. The van der Waals surface area contributed by atoms with Gasteiger partial charge in [0.25, 0.3) is 0 Å². The van der Waals surface area contributed by atoms with Gasteiger partial charge in [0.05, 0.1) is 18.9 Å². The van der Waals surface area contributed by atoms with Gasteiger partial charge in [-0.1, -0.05) is 0 Å². The van der Waals surface area contributed by atoms with Crippen LogP contribution in [0.25, 0.3) is 0 Å². The van der Waals surface area contributed by atoms with Crippen molar-refractivity contribution in [1.82, 2.24) is 4.72 Å². The summed E-state index contributed by atoms with van der Waals surface area (Å²) >= 11 is 0. The minimum absolute atomic E-state index is 0.0596. The van der Waals surface area contributed by atoms with Crippen molar-refractivity contribution in [2.75, 3.05) is 12.9 Å². The quantitative estimate of drug-likeness (QED) is 0.926. The van der Waals surface area contributed by atoms with Gasteiger partial charge in [0.15, 0.2) is 0 Å². The Kier molecular flexibility index (Phi) is 3.97. The van der Waals surface area contributed by atoms with Crippen LogP contribution in [0, 0.1) is 0 Å². The third-order valence-electron chi connectivity index (χ3n) is 3.38. The molecule has 0 aliphatic carbocycles. The fourth-order valence-electron chi connectivity index (χ4n) is 2.36. The molecule has 1 N–H and O–H groups in total. The molecule has 0 saturated carbocycles. The van der Waals surface area contributed by atoms with Crippen molar-refractivity contribution in [3.05, 3.63) is 23.8 Å². The molecular formula is C14H21NO4S. The first-order valence-electron chi connectivity index (χ1n) is 6.63. The van der Waals surface area contributed by atoms with E-state index in [9.17, 15) is 8.42 Å². The molecule has 6 heteroatoms. The molecule has 1 aliphatic rings. The van der Waals surface area contributed by atoms with Crippen LogP contribution in [0.3, 0.4) is 0 Å². The van der Waals surface area contributed by atoms with Gasteiger partial charge in [-0.05, 0) is 39.0 Å². The molecule has 0 aromatic heterocycles. The molecule has 1 unspecified atom stereocenters. The monoisotopic (exact) mass is 299 g/mol. The molecule has 2 rings (SSSR count). The highest BCUT2D eigenvalue weighted by atomic mass is 32.2. The predicted octanol–water partition coefficient (Wildman–Crippen LogP) is 2.24. The Hall–Kier alpha value is -1.27. The summed E-state index contributed by atoms with van der Waals surface area (Å²) < 4.78 is 37.6. The van der Waals surface area contributed by atoms with E-state index in [4.69, 9.17) is 9.47 Å². The third-order valence-corrected chi connectivity index (χ3v) is 4.78. The van der Waals surface area contributed by atoms with Gasteiger partial charge in [0.2, 0.25) is 10.0 Å². The molecule has 0 amide bonds. The summed E-state index contributed by atoms with van der Waals surface area (Å²) in [5, 5.41) is 0. The molecule has 112 valence electrons. The Bertz CT molecular complexity index is 595. The van der Waals surface area contributed by atoms with Crippen LogP contribution in [0.1, 0.15) is 38.8 Å². The lowest BCUT2D eigenvalue weighted by Gasteiger charge is -2.37. The first-order valence-corrected chi connectivity index (χ1v) is 8.28. The lowest BCUT2D eigenvalue weighted by Crippen LogP contribution is -2.41. The Morgan fingerprint density at radius 1 is 1.45 bits per heavy atom. The molecule has 1 heterocycles. The second-order valence-corrected chi connectivity index (χ2v) is 7.59. The van der Waals surface area contributed by atoms with Crippen molar-refractivity contribution in [3.63, 3.8) is 0 Å². The lowest BCUT2D eigenvalue weighted by molar-refractivity contribution is 0.0700. The molecule has 1 atom stereocenters. The van der Waals surface area contributed by atoms with Crippen molar-refractivity contribution in [2.45, 2.75) is 38.8 Å². The topological polar surface area (TPSA) is 64.6 Å². The summed E-state index contributed by atoms with van der Waals surface area (Å²) in [4.78, 5) is 0. The number of rotatable bonds is 4. The molecule has 1 aromatic rings. The van der Waals surface area contributed by atoms with Gasteiger partial charge in [-0.25, -0.2) is 13.1 Å². The van der Waals surface area contributed by atoms with Crippen LogP contribution in [0.4, 0.5) is 0 Å². The van der Waals surface area contributed by atoms with Crippen LogP contribution in [0.2, 0.25) is 0 Å². The summed E-state index contributed by atoms with van der Waals surface area (Å²) in [5.41, 5.74) is 0.406. The maximum atomic E-state index is 11.9. The fourth-order valence-corrected chi connectivity index (χ4v) is 3.18. The lowest BCUT2D eigenvalue weighted by atomic mass is 9.90. The highest BCUT2D eigenvalue weighted by Crippen LogP contribution is 2.41. The summed E-state index contributed by atoms with van der Waals surface area (Å²) in [6, 6.07) is 5.16. The molecule has 5 nitrogen and oxygen atoms in total. The van der Waals surface area contributed by atoms with Crippen molar-refractivity contribution in [2.24, 2.45) is 0 Å². The van der Waals surface area contributed by atoms with Gasteiger partial charge < -0.3 is 9.47 Å². The van der Waals surface area contributed by atoms with E-state index < -0.39 is 15.6 Å². The van der Waals surface area contributed by atoms with Gasteiger partial charge >= 0.3 is 0 Å². The van der Waals surface area contributed by atoms with Crippen LogP contribution in [0.15, 0.2) is 18.2 Å². The van der Waals surface area contributed by atoms with E-state index in [1.165, 1.54) is 0 Å². The van der Waals surface area contributed by atoms with E-state index >= 15 is 0 Å². The summed E-state index contributed by atoms with van der Waals surface area (Å²) in [6.45, 7) is 5.53. The standard InChI is InChI=1S/C14H21NO4S/c1-5-20(16,17)15-12-9-14(2,3)19-13-7-6-10(18-4)8-11(12)13/h6-8,12,15H,5,9H2,1-4H3. The van der Waals surface area contributed by atoms with Gasteiger partial charge in [-0.2, -0.15) is 0 Å². The highest BCUT2D eigenvalue weighted by Gasteiger charge is 2.35. The first-order chi connectivity index (χ1) is 9.26. The second-order valence-electron chi connectivity index (χ2n) is 5.54. The number of methoxy groups -OCH3 is 1. The normalized spacial score (nSPS) is 20.9. The van der Waals surface area contributed by atoms with Crippen molar-refractivity contribution < 1.29 is 17.9 Å². The van der Waals surface area contributed by atoms with Crippen LogP contribution in [-0.4, -0.2) is 26.9 Å². The number of ether oxygens (including phenoxy) is 2. The van der Waals surface area contributed by atoms with Gasteiger partial charge in [-0.15, -0.1) is 0 Å². The molecule has 20 heavy (non-hydrogen) atoms. The zero-order valence-corrected chi connectivity index (χ0v) is 13.1. The minimum atomic E-state index is -3.28. The van der Waals surface area contributed by atoms with E-state index in [1.54, 1.807) is 14.0 Å². The Morgan fingerprint density at radius 3 is 2.75 bits per heavy atom. The first kappa shape index (κ1) is 15.1. The van der Waals surface area contributed by atoms with Crippen molar-refractivity contribution >= 4 is 10.0 Å². The molecule has 0 saturated heterocycles. The third kappa shape index (κ3) is 3.24.